The second kappa shape index (κ2) is 7.17. The molecule has 1 fully saturated rings. The molecule has 2 heterocycles. The Morgan fingerprint density at radius 1 is 1.26 bits per heavy atom. The number of nitrogens with one attached hydrogen (secondary N) is 1. The third-order valence-corrected chi connectivity index (χ3v) is 4.22. The van der Waals surface area contributed by atoms with Gasteiger partial charge in [-0.05, 0) is 48.2 Å². The summed E-state index contributed by atoms with van der Waals surface area (Å²) in [6.07, 6.45) is 1.39. The highest BCUT2D eigenvalue weighted by Gasteiger charge is 2.19. The Hall–Kier alpha value is -1.82. The lowest BCUT2D eigenvalue weighted by atomic mass is 10.1. The molecule has 0 spiro atoms. The number of hydrogen-bond donors (Lipinski definition) is 2. The topological polar surface area (TPSA) is 65.7 Å². The van der Waals surface area contributed by atoms with Gasteiger partial charge in [-0.15, -0.1) is 0 Å². The molecule has 6 heteroatoms. The molecular weight excluding hydrogens is 316 g/mol. The number of carbonyl (C=O) groups excluding carboxylic acids is 1. The van der Waals surface area contributed by atoms with E-state index in [-0.39, 0.29) is 23.0 Å². The molecule has 23 heavy (non-hydrogen) atoms. The summed E-state index contributed by atoms with van der Waals surface area (Å²) >= 11 is 5.71. The number of rotatable bonds is 4. The van der Waals surface area contributed by atoms with Crippen LogP contribution in [0, 0.1) is 0 Å². The molecule has 0 saturated carbocycles. The van der Waals surface area contributed by atoms with Crippen molar-refractivity contribution < 1.29 is 14.3 Å². The smallest absolute Gasteiger partial charge is 0.291 e. The number of halogens is 1. The molecule has 3 rings (SSSR count). The zero-order valence-electron chi connectivity index (χ0n) is 12.7. The zero-order chi connectivity index (χ0) is 16.2. The number of hydrogen-bond acceptors (Lipinski definition) is 4. The van der Waals surface area contributed by atoms with E-state index in [0.29, 0.717) is 0 Å². The van der Waals surface area contributed by atoms with Crippen LogP contribution in [0.4, 0.5) is 5.69 Å². The van der Waals surface area contributed by atoms with Crippen LogP contribution in [-0.2, 0) is 6.54 Å². The largest absolute Gasteiger partial charge is 0.440 e. The van der Waals surface area contributed by atoms with E-state index in [1.54, 1.807) is 12.1 Å². The number of aliphatic hydroxyl groups excluding tert-OH is 1. The summed E-state index contributed by atoms with van der Waals surface area (Å²) in [7, 11) is 0. The first-order chi connectivity index (χ1) is 11.1. The van der Waals surface area contributed by atoms with Crippen molar-refractivity contribution in [3.05, 3.63) is 52.9 Å². The van der Waals surface area contributed by atoms with E-state index in [2.05, 4.69) is 10.2 Å². The summed E-state index contributed by atoms with van der Waals surface area (Å²) in [6, 6.07) is 10.8. The van der Waals surface area contributed by atoms with Crippen molar-refractivity contribution in [1.82, 2.24) is 4.90 Å². The Morgan fingerprint density at radius 2 is 2.00 bits per heavy atom. The van der Waals surface area contributed by atoms with E-state index in [9.17, 15) is 9.90 Å². The van der Waals surface area contributed by atoms with Crippen LogP contribution >= 0.6 is 11.6 Å². The van der Waals surface area contributed by atoms with Crippen LogP contribution in [0.1, 0.15) is 29.0 Å². The van der Waals surface area contributed by atoms with Gasteiger partial charge in [-0.25, -0.2) is 0 Å². The SMILES string of the molecule is O=C(Nc1ccccc1CN1CCC(O)CC1)c1ccc(Cl)o1. The van der Waals surface area contributed by atoms with Gasteiger partial charge in [0.15, 0.2) is 11.0 Å². The molecule has 1 aromatic heterocycles. The average Bonchev–Trinajstić information content (AvgIpc) is 2.98. The molecule has 0 atom stereocenters. The second-order valence-electron chi connectivity index (χ2n) is 5.72. The first-order valence-corrected chi connectivity index (χ1v) is 8.04. The number of aliphatic hydroxyl groups is 1. The Balaban J connectivity index is 1.69. The van der Waals surface area contributed by atoms with Crippen LogP contribution in [0.15, 0.2) is 40.8 Å². The van der Waals surface area contributed by atoms with E-state index >= 15 is 0 Å². The Morgan fingerprint density at radius 3 is 2.70 bits per heavy atom. The van der Waals surface area contributed by atoms with Crippen LogP contribution in [0.2, 0.25) is 5.22 Å². The van der Waals surface area contributed by atoms with Crippen molar-refractivity contribution in [3.63, 3.8) is 0 Å². The van der Waals surface area contributed by atoms with Gasteiger partial charge >= 0.3 is 0 Å². The molecule has 1 saturated heterocycles. The van der Waals surface area contributed by atoms with Crippen LogP contribution in [-0.4, -0.2) is 35.1 Å². The van der Waals surface area contributed by atoms with Crippen molar-refractivity contribution in [1.29, 1.82) is 0 Å². The Kier molecular flexibility index (Phi) is 5.00. The van der Waals surface area contributed by atoms with Crippen LogP contribution < -0.4 is 5.32 Å². The lowest BCUT2D eigenvalue weighted by Crippen LogP contribution is -2.35. The number of nitrogens with zero attached hydrogens (tertiary/aromatic N) is 1. The highest BCUT2D eigenvalue weighted by molar-refractivity contribution is 6.29. The molecule has 2 aromatic rings. The lowest BCUT2D eigenvalue weighted by molar-refractivity contribution is 0.0793. The highest BCUT2D eigenvalue weighted by Crippen LogP contribution is 2.21. The maximum absolute atomic E-state index is 12.2. The van der Waals surface area contributed by atoms with Gasteiger partial charge < -0.3 is 14.8 Å². The molecule has 0 radical (unpaired) electrons. The fraction of sp³-hybridized carbons (Fsp3) is 0.353. The third kappa shape index (κ3) is 4.13. The molecule has 1 aliphatic rings. The van der Waals surface area contributed by atoms with E-state index in [0.717, 1.165) is 43.7 Å². The minimum absolute atomic E-state index is 0.186. The number of amides is 1. The zero-order valence-corrected chi connectivity index (χ0v) is 13.4. The molecule has 1 aromatic carbocycles. The van der Waals surface area contributed by atoms with E-state index in [1.165, 1.54) is 0 Å². The van der Waals surface area contributed by atoms with Gasteiger partial charge in [0.1, 0.15) is 0 Å². The standard InChI is InChI=1S/C17H19ClN2O3/c18-16-6-5-15(23-16)17(22)19-14-4-2-1-3-12(14)11-20-9-7-13(21)8-10-20/h1-6,13,21H,7-11H2,(H,19,22). The summed E-state index contributed by atoms with van der Waals surface area (Å²) in [5, 5.41) is 12.7. The summed E-state index contributed by atoms with van der Waals surface area (Å²) in [4.78, 5) is 14.5. The predicted molar refractivity (Wildman–Crippen MR) is 88.6 cm³/mol. The first kappa shape index (κ1) is 16.1. The number of anilines is 1. The second-order valence-corrected chi connectivity index (χ2v) is 6.09. The molecule has 122 valence electrons. The van der Waals surface area contributed by atoms with E-state index < -0.39 is 0 Å². The summed E-state index contributed by atoms with van der Waals surface area (Å²) in [5.41, 5.74) is 1.80. The van der Waals surface area contributed by atoms with Crippen molar-refractivity contribution >= 4 is 23.2 Å². The average molecular weight is 335 g/mol. The first-order valence-electron chi connectivity index (χ1n) is 7.67. The minimum Gasteiger partial charge on any atom is -0.440 e. The van der Waals surface area contributed by atoms with E-state index in [4.69, 9.17) is 16.0 Å². The molecule has 2 N–H and O–H groups in total. The van der Waals surface area contributed by atoms with Crippen molar-refractivity contribution in [2.45, 2.75) is 25.5 Å². The van der Waals surface area contributed by atoms with Gasteiger partial charge in [-0.2, -0.15) is 0 Å². The summed E-state index contributed by atoms with van der Waals surface area (Å²) in [5.74, 6) is -0.135. The number of carbonyl (C=O) groups is 1. The molecule has 0 unspecified atom stereocenters. The van der Waals surface area contributed by atoms with Crippen LogP contribution in [0.25, 0.3) is 0 Å². The Labute approximate surface area is 139 Å². The van der Waals surface area contributed by atoms with E-state index in [1.807, 2.05) is 24.3 Å². The number of furan rings is 1. The van der Waals surface area contributed by atoms with Crippen LogP contribution in [0.5, 0.6) is 0 Å². The Bertz CT molecular complexity index is 678. The van der Waals surface area contributed by atoms with Crippen LogP contribution in [0.3, 0.4) is 0 Å². The fourth-order valence-electron chi connectivity index (χ4n) is 2.72. The molecular formula is C17H19ClN2O3. The number of benzene rings is 1. The van der Waals surface area contributed by atoms with Gasteiger partial charge in [0, 0.05) is 25.3 Å². The highest BCUT2D eigenvalue weighted by atomic mass is 35.5. The van der Waals surface area contributed by atoms with Gasteiger partial charge in [0.05, 0.1) is 6.10 Å². The van der Waals surface area contributed by atoms with Gasteiger partial charge in [0.25, 0.3) is 5.91 Å². The van der Waals surface area contributed by atoms with Gasteiger partial charge in [-0.3, -0.25) is 9.69 Å². The molecule has 0 bridgehead atoms. The van der Waals surface area contributed by atoms with Gasteiger partial charge in [-0.1, -0.05) is 18.2 Å². The number of para-hydroxylation sites is 1. The summed E-state index contributed by atoms with van der Waals surface area (Å²) < 4.78 is 5.13. The van der Waals surface area contributed by atoms with Crippen molar-refractivity contribution in [2.75, 3.05) is 18.4 Å². The lowest BCUT2D eigenvalue weighted by Gasteiger charge is -2.30. The molecule has 1 aliphatic heterocycles. The van der Waals surface area contributed by atoms with Gasteiger partial charge in [0.2, 0.25) is 0 Å². The molecule has 5 nitrogen and oxygen atoms in total. The normalized spacial score (nSPS) is 16.4. The number of piperidine rings is 1. The minimum atomic E-state index is -0.321. The third-order valence-electron chi connectivity index (χ3n) is 4.01. The maximum atomic E-state index is 12.2. The summed E-state index contributed by atoms with van der Waals surface area (Å²) in [6.45, 7) is 2.45. The molecule has 0 aliphatic carbocycles. The monoisotopic (exact) mass is 334 g/mol. The maximum Gasteiger partial charge on any atom is 0.291 e. The quantitative estimate of drug-likeness (QED) is 0.901. The van der Waals surface area contributed by atoms with Crippen molar-refractivity contribution in [2.24, 2.45) is 0 Å². The number of likely N-dealkylation sites (tertiary alicyclic amines) is 1. The van der Waals surface area contributed by atoms with Crippen molar-refractivity contribution in [3.8, 4) is 0 Å². The predicted octanol–water partition coefficient (Wildman–Crippen LogP) is 3.14. The molecule has 1 amide bonds. The fourth-order valence-corrected chi connectivity index (χ4v) is 2.86.